The van der Waals surface area contributed by atoms with Crippen molar-refractivity contribution < 1.29 is 58.3 Å². The van der Waals surface area contributed by atoms with Gasteiger partial charge < -0.3 is 24.8 Å². The second-order valence-electron chi connectivity index (χ2n) is 9.82. The molecule has 0 atom stereocenters. The van der Waals surface area contributed by atoms with Crippen LogP contribution in [0.15, 0.2) is 40.3 Å². The van der Waals surface area contributed by atoms with Crippen LogP contribution < -0.4 is 24.8 Å². The molecule has 0 spiro atoms. The first kappa shape index (κ1) is 26.8. The molecule has 2 N–H and O–H groups in total. The van der Waals surface area contributed by atoms with Crippen molar-refractivity contribution in [2.75, 3.05) is 13.2 Å². The van der Waals surface area contributed by atoms with E-state index in [-0.39, 0.29) is 30.2 Å². The topological polar surface area (TPSA) is 40.5 Å². The number of rotatable bonds is 6. The second-order valence-corrected chi connectivity index (χ2v) is 23.0. The molecule has 0 unspecified atom stereocenters. The molecule has 3 aliphatic rings. The Balaban J connectivity index is 0.00000196. The van der Waals surface area contributed by atoms with E-state index in [4.69, 9.17) is 0 Å². The molecular formula is C21H34Cl2O2Si2Zr. The maximum Gasteiger partial charge on any atom is -1.00 e. The number of hydrogen-bond acceptors (Lipinski definition) is 2. The van der Waals surface area contributed by atoms with Gasteiger partial charge in [-0.15, -0.1) is 0 Å². The third-order valence-electron chi connectivity index (χ3n) is 6.65. The Labute approximate surface area is 197 Å². The van der Waals surface area contributed by atoms with Gasteiger partial charge in [-0.1, -0.05) is 0 Å². The minimum atomic E-state index is -1.58. The van der Waals surface area contributed by atoms with Crippen molar-refractivity contribution in [3.05, 3.63) is 40.3 Å². The van der Waals surface area contributed by atoms with Crippen molar-refractivity contribution in [1.29, 1.82) is 0 Å². The van der Waals surface area contributed by atoms with Crippen molar-refractivity contribution in [3.63, 3.8) is 0 Å². The fraction of sp³-hybridized carbons (Fsp3) is 0.619. The average molecular weight is 537 g/mol. The molecule has 0 amide bonds. The summed E-state index contributed by atoms with van der Waals surface area (Å²) >= 11 is -0.666. The summed E-state index contributed by atoms with van der Waals surface area (Å²) < 4.78 is 3.62. The van der Waals surface area contributed by atoms with Crippen molar-refractivity contribution in [3.8, 4) is 0 Å². The summed E-state index contributed by atoms with van der Waals surface area (Å²) in [6.07, 6.45) is 7.45. The fourth-order valence-corrected chi connectivity index (χ4v) is 15.7. The molecule has 0 aromatic heterocycles. The van der Waals surface area contributed by atoms with Crippen LogP contribution >= 0.6 is 0 Å². The third kappa shape index (κ3) is 4.51. The number of allylic oxidation sites excluding steroid dienone is 8. The Morgan fingerprint density at radius 1 is 0.821 bits per heavy atom. The minimum Gasteiger partial charge on any atom is -1.00 e. The van der Waals surface area contributed by atoms with E-state index in [1.165, 1.54) is 12.8 Å². The summed E-state index contributed by atoms with van der Waals surface area (Å²) in [4.78, 5) is 0. The molecule has 1 aliphatic heterocycles. The molecule has 0 aromatic rings. The van der Waals surface area contributed by atoms with Gasteiger partial charge in [0.05, 0.1) is 0 Å². The quantitative estimate of drug-likeness (QED) is 0.418. The van der Waals surface area contributed by atoms with Crippen LogP contribution in [0, 0.1) is 5.41 Å². The average Bonchev–Trinajstić information content (AvgIpc) is 3.12. The fourth-order valence-electron chi connectivity index (χ4n) is 5.16. The van der Waals surface area contributed by atoms with Crippen molar-refractivity contribution >= 4 is 16.1 Å². The van der Waals surface area contributed by atoms with E-state index in [9.17, 15) is 10.2 Å². The van der Waals surface area contributed by atoms with Gasteiger partial charge in [0.15, 0.2) is 0 Å². The first-order valence-electron chi connectivity index (χ1n) is 9.94. The van der Waals surface area contributed by atoms with Gasteiger partial charge in [0, 0.05) is 0 Å². The van der Waals surface area contributed by atoms with Gasteiger partial charge >= 0.3 is 173 Å². The molecular weight excluding hydrogens is 503 g/mol. The standard InChI is InChI=1S/C21H34O2Si2.2ClH.Zr/c1-21(2,17-9-7-11-19(17)24(3,4)15-13-22)18-10-8-12-20(18)25(5,6)16-14-23;;;/h11-12,22-23H,7-8,13-16H2,1-6H3;2*1H;/q;;;+2/p-2. The predicted octanol–water partition coefficient (Wildman–Crippen LogP) is -1.24. The molecule has 0 aromatic carbocycles. The zero-order valence-electron chi connectivity index (χ0n) is 18.0. The van der Waals surface area contributed by atoms with Crippen LogP contribution in [0.1, 0.15) is 26.7 Å². The number of hydrogen-bond donors (Lipinski definition) is 2. The Kier molecular flexibility index (Phi) is 9.10. The number of halogens is 2. The molecule has 3 rings (SSSR count). The number of aliphatic hydroxyl groups excluding tert-OH is 2. The molecule has 0 fully saturated rings. The Morgan fingerprint density at radius 2 is 1.18 bits per heavy atom. The van der Waals surface area contributed by atoms with Gasteiger partial charge in [-0.25, -0.2) is 0 Å². The van der Waals surface area contributed by atoms with E-state index < -0.39 is 39.4 Å². The van der Waals surface area contributed by atoms with E-state index >= 15 is 0 Å². The third-order valence-corrected chi connectivity index (χ3v) is 17.1. The van der Waals surface area contributed by atoms with Crippen LogP contribution in [0.25, 0.3) is 0 Å². The minimum absolute atomic E-state index is 0. The molecule has 28 heavy (non-hydrogen) atoms. The van der Waals surface area contributed by atoms with Crippen molar-refractivity contribution in [1.82, 2.24) is 0 Å². The van der Waals surface area contributed by atoms with Crippen LogP contribution in [0.2, 0.25) is 38.3 Å². The molecule has 0 saturated heterocycles. The second kappa shape index (κ2) is 9.50. The van der Waals surface area contributed by atoms with E-state index in [1.807, 2.05) is 6.56 Å². The van der Waals surface area contributed by atoms with Crippen LogP contribution in [0.4, 0.5) is 0 Å². The van der Waals surface area contributed by atoms with Gasteiger partial charge in [-0.2, -0.15) is 0 Å². The van der Waals surface area contributed by atoms with Gasteiger partial charge in [-0.3, -0.25) is 0 Å². The first-order chi connectivity index (χ1) is 12.1. The Hall–Kier alpha value is 0.777. The maximum atomic E-state index is 9.61. The SMILES string of the molecule is CC1(C)C2=[C](CC=C2[Si](C)(C)CCO)[Zr+2][C]2=C1C([Si](C)(C)CCO)=CC2.[Cl-].[Cl-]. The van der Waals surface area contributed by atoms with Gasteiger partial charge in [-0.05, 0) is 0 Å². The molecule has 7 heteroatoms. The van der Waals surface area contributed by atoms with Gasteiger partial charge in [0.1, 0.15) is 0 Å². The molecule has 156 valence electrons. The summed E-state index contributed by atoms with van der Waals surface area (Å²) in [7, 11) is -3.17. The van der Waals surface area contributed by atoms with Crippen LogP contribution in [0.5, 0.6) is 0 Å². The zero-order chi connectivity index (χ0) is 19.3. The molecule has 0 saturated carbocycles. The monoisotopic (exact) mass is 534 g/mol. The summed E-state index contributed by atoms with van der Waals surface area (Å²) in [6.45, 7) is 15.3. The summed E-state index contributed by atoms with van der Waals surface area (Å²) in [5.41, 5.74) is 3.48. The normalized spacial score (nSPS) is 20.3. The smallest absolute Gasteiger partial charge is 1.00 e. The van der Waals surface area contributed by atoms with Gasteiger partial charge in [0.25, 0.3) is 0 Å². The summed E-state index contributed by atoms with van der Waals surface area (Å²) in [6, 6.07) is 1.94. The Bertz CT molecular complexity index is 690. The van der Waals surface area contributed by atoms with E-state index in [1.54, 1.807) is 21.5 Å². The molecule has 0 radical (unpaired) electrons. The molecule has 0 bridgehead atoms. The summed E-state index contributed by atoms with van der Waals surface area (Å²) in [5, 5.41) is 22.5. The zero-order valence-corrected chi connectivity index (χ0v) is 24.0. The van der Waals surface area contributed by atoms with Crippen LogP contribution in [-0.4, -0.2) is 39.6 Å². The Morgan fingerprint density at radius 3 is 1.50 bits per heavy atom. The van der Waals surface area contributed by atoms with E-state index in [0.29, 0.717) is 13.2 Å². The van der Waals surface area contributed by atoms with Crippen molar-refractivity contribution in [2.45, 2.75) is 65.0 Å². The van der Waals surface area contributed by atoms with Crippen molar-refractivity contribution in [2.24, 2.45) is 5.41 Å². The largest absolute Gasteiger partial charge is 1.00 e. The van der Waals surface area contributed by atoms with E-state index in [0.717, 1.165) is 12.1 Å². The van der Waals surface area contributed by atoms with Gasteiger partial charge in [0.2, 0.25) is 0 Å². The maximum absolute atomic E-state index is 9.61. The summed E-state index contributed by atoms with van der Waals surface area (Å²) in [5.74, 6) is 0. The predicted molar refractivity (Wildman–Crippen MR) is 112 cm³/mol. The molecule has 2 nitrogen and oxygen atoms in total. The van der Waals surface area contributed by atoms with Crippen LogP contribution in [0.3, 0.4) is 0 Å². The molecule has 1 heterocycles. The van der Waals surface area contributed by atoms with Crippen LogP contribution in [-0.2, 0) is 23.2 Å². The molecule has 2 aliphatic carbocycles. The van der Waals surface area contributed by atoms with E-state index in [2.05, 4.69) is 52.2 Å². The number of aliphatic hydroxyl groups is 2. The first-order valence-corrected chi connectivity index (χ1v) is 18.8.